The lowest BCUT2D eigenvalue weighted by atomic mass is 10.2. The van der Waals surface area contributed by atoms with Crippen LogP contribution in [0.3, 0.4) is 0 Å². The van der Waals surface area contributed by atoms with Gasteiger partial charge in [0.05, 0.1) is 19.8 Å². The van der Waals surface area contributed by atoms with E-state index in [1.807, 2.05) is 0 Å². The molecule has 0 spiro atoms. The smallest absolute Gasteiger partial charge is 0.356 e. The van der Waals surface area contributed by atoms with Crippen molar-refractivity contribution in [3.8, 4) is 17.1 Å². The van der Waals surface area contributed by atoms with Crippen molar-refractivity contribution in [2.75, 3.05) is 14.2 Å². The molecule has 0 saturated carbocycles. The normalized spacial score (nSPS) is 10.0. The lowest BCUT2D eigenvalue weighted by Gasteiger charge is -2.07. The zero-order valence-corrected chi connectivity index (χ0v) is 11.8. The summed E-state index contributed by atoms with van der Waals surface area (Å²) in [6.45, 7) is 7.12. The maximum atomic E-state index is 11.5. The van der Waals surface area contributed by atoms with Gasteiger partial charge in [-0.25, -0.2) is 9.78 Å². The minimum atomic E-state index is -0.542. The van der Waals surface area contributed by atoms with Gasteiger partial charge in [0.15, 0.2) is 11.5 Å². The van der Waals surface area contributed by atoms with E-state index in [0.29, 0.717) is 28.5 Å². The predicted molar refractivity (Wildman–Crippen MR) is 79.1 cm³/mol. The fourth-order valence-corrected chi connectivity index (χ4v) is 1.81. The van der Waals surface area contributed by atoms with Crippen LogP contribution in [0.4, 0.5) is 5.69 Å². The standard InChI is InChI=1S/C15H14N2O4/c1-5-12-10(16-2)6-14(21-12)9-8-17-11(15(18)20-4)7-13(9)19-3/h5-8H,1-2H2,3-4H3. The van der Waals surface area contributed by atoms with Crippen LogP contribution in [0.2, 0.25) is 0 Å². The van der Waals surface area contributed by atoms with Gasteiger partial charge in [0.25, 0.3) is 0 Å². The first kappa shape index (κ1) is 14.5. The second-order valence-corrected chi connectivity index (χ2v) is 3.98. The molecule has 2 rings (SSSR count). The second-order valence-electron chi connectivity index (χ2n) is 3.98. The summed E-state index contributed by atoms with van der Waals surface area (Å²) < 4.78 is 15.5. The van der Waals surface area contributed by atoms with E-state index in [0.717, 1.165) is 0 Å². The molecule has 0 fully saturated rings. The minimum Gasteiger partial charge on any atom is -0.496 e. The molecule has 2 aromatic rings. The van der Waals surface area contributed by atoms with Gasteiger partial charge in [-0.1, -0.05) is 6.58 Å². The summed E-state index contributed by atoms with van der Waals surface area (Å²) in [5.41, 5.74) is 1.30. The molecule has 0 amide bonds. The van der Waals surface area contributed by atoms with E-state index >= 15 is 0 Å². The third-order valence-corrected chi connectivity index (χ3v) is 2.84. The average Bonchev–Trinajstić information content (AvgIpc) is 2.96. The summed E-state index contributed by atoms with van der Waals surface area (Å²) in [6, 6.07) is 3.18. The third-order valence-electron chi connectivity index (χ3n) is 2.84. The van der Waals surface area contributed by atoms with Gasteiger partial charge in [-0.15, -0.1) is 0 Å². The van der Waals surface area contributed by atoms with Gasteiger partial charge in [-0.05, 0) is 12.8 Å². The predicted octanol–water partition coefficient (Wildman–Crippen LogP) is 3.11. The second kappa shape index (κ2) is 6.04. The lowest BCUT2D eigenvalue weighted by Crippen LogP contribution is -2.04. The van der Waals surface area contributed by atoms with Crippen molar-refractivity contribution in [2.45, 2.75) is 0 Å². The lowest BCUT2D eigenvalue weighted by molar-refractivity contribution is 0.0593. The molecule has 21 heavy (non-hydrogen) atoms. The van der Waals surface area contributed by atoms with Crippen LogP contribution < -0.4 is 4.74 Å². The van der Waals surface area contributed by atoms with Crippen molar-refractivity contribution in [1.29, 1.82) is 0 Å². The molecule has 0 aliphatic heterocycles. The summed E-state index contributed by atoms with van der Waals surface area (Å²) in [6.07, 6.45) is 3.01. The fraction of sp³-hybridized carbons (Fsp3) is 0.133. The van der Waals surface area contributed by atoms with Crippen LogP contribution in [0.5, 0.6) is 5.75 Å². The van der Waals surface area contributed by atoms with Gasteiger partial charge in [0.1, 0.15) is 17.2 Å². The van der Waals surface area contributed by atoms with E-state index in [-0.39, 0.29) is 5.69 Å². The molecule has 0 saturated heterocycles. The Labute approximate surface area is 121 Å². The Morgan fingerprint density at radius 2 is 2.19 bits per heavy atom. The Balaban J connectivity index is 2.53. The summed E-state index contributed by atoms with van der Waals surface area (Å²) in [4.78, 5) is 19.4. The molecule has 6 nitrogen and oxygen atoms in total. The number of esters is 1. The summed E-state index contributed by atoms with van der Waals surface area (Å²) >= 11 is 0. The first-order chi connectivity index (χ1) is 10.1. The molecule has 0 radical (unpaired) electrons. The number of nitrogens with zero attached hydrogens (tertiary/aromatic N) is 2. The summed E-state index contributed by atoms with van der Waals surface area (Å²) in [7, 11) is 2.78. The number of hydrogen-bond donors (Lipinski definition) is 0. The quantitative estimate of drug-likeness (QED) is 0.623. The number of rotatable bonds is 5. The number of carbonyl (C=O) groups is 1. The number of furan rings is 1. The number of aromatic nitrogens is 1. The topological polar surface area (TPSA) is 73.9 Å². The molecule has 0 atom stereocenters. The van der Waals surface area contributed by atoms with E-state index in [4.69, 9.17) is 9.15 Å². The number of methoxy groups -OCH3 is 2. The first-order valence-electron chi connectivity index (χ1n) is 6.00. The number of ether oxygens (including phenoxy) is 2. The molecule has 108 valence electrons. The molecule has 6 heteroatoms. The molecule has 2 aromatic heterocycles. The molecular weight excluding hydrogens is 272 g/mol. The number of pyridine rings is 1. The van der Waals surface area contributed by atoms with E-state index in [9.17, 15) is 4.79 Å². The van der Waals surface area contributed by atoms with Crippen LogP contribution in [-0.4, -0.2) is 31.9 Å². The highest BCUT2D eigenvalue weighted by molar-refractivity contribution is 5.88. The number of carbonyl (C=O) groups excluding carboxylic acids is 1. The van der Waals surface area contributed by atoms with Gasteiger partial charge in [-0.2, -0.15) is 0 Å². The average molecular weight is 286 g/mol. The molecular formula is C15H14N2O4. The number of hydrogen-bond acceptors (Lipinski definition) is 6. The van der Waals surface area contributed by atoms with E-state index in [1.165, 1.54) is 32.6 Å². The van der Waals surface area contributed by atoms with Crippen LogP contribution >= 0.6 is 0 Å². The maximum absolute atomic E-state index is 11.5. The van der Waals surface area contributed by atoms with Gasteiger partial charge in [0, 0.05) is 18.3 Å². The molecule has 0 N–H and O–H groups in total. The molecule has 0 bridgehead atoms. The highest BCUT2D eigenvalue weighted by Gasteiger charge is 2.17. The van der Waals surface area contributed by atoms with Crippen LogP contribution in [0.25, 0.3) is 17.4 Å². The van der Waals surface area contributed by atoms with Gasteiger partial charge < -0.3 is 13.9 Å². The van der Waals surface area contributed by atoms with Crippen LogP contribution in [0, 0.1) is 0 Å². The maximum Gasteiger partial charge on any atom is 0.356 e. The van der Waals surface area contributed by atoms with E-state index in [2.05, 4.69) is 28.0 Å². The van der Waals surface area contributed by atoms with Crippen LogP contribution in [0.1, 0.15) is 16.2 Å². The van der Waals surface area contributed by atoms with E-state index in [1.54, 1.807) is 6.07 Å². The Morgan fingerprint density at radius 3 is 2.71 bits per heavy atom. The number of aliphatic imine (C=N–C) groups is 1. The third kappa shape index (κ3) is 2.69. The summed E-state index contributed by atoms with van der Waals surface area (Å²) in [5.74, 6) is 0.886. The van der Waals surface area contributed by atoms with Crippen molar-refractivity contribution in [3.63, 3.8) is 0 Å². The van der Waals surface area contributed by atoms with Crippen molar-refractivity contribution in [2.24, 2.45) is 4.99 Å². The van der Waals surface area contributed by atoms with Gasteiger partial charge in [-0.3, -0.25) is 4.99 Å². The Morgan fingerprint density at radius 1 is 1.43 bits per heavy atom. The first-order valence-corrected chi connectivity index (χ1v) is 6.00. The largest absolute Gasteiger partial charge is 0.496 e. The molecule has 0 aromatic carbocycles. The molecule has 0 aliphatic rings. The van der Waals surface area contributed by atoms with Crippen molar-refractivity contribution in [3.05, 3.63) is 36.4 Å². The fourth-order valence-electron chi connectivity index (χ4n) is 1.81. The van der Waals surface area contributed by atoms with Gasteiger partial charge >= 0.3 is 5.97 Å². The van der Waals surface area contributed by atoms with Gasteiger partial charge in [0.2, 0.25) is 0 Å². The zero-order chi connectivity index (χ0) is 15.4. The minimum absolute atomic E-state index is 0.149. The Bertz CT molecular complexity index is 678. The monoisotopic (exact) mass is 286 g/mol. The van der Waals surface area contributed by atoms with E-state index < -0.39 is 5.97 Å². The van der Waals surface area contributed by atoms with Crippen molar-refractivity contribution < 1.29 is 18.7 Å². The highest BCUT2D eigenvalue weighted by atomic mass is 16.5. The summed E-state index contributed by atoms with van der Waals surface area (Å²) in [5, 5.41) is 0. The van der Waals surface area contributed by atoms with Crippen molar-refractivity contribution >= 4 is 24.5 Å². The highest BCUT2D eigenvalue weighted by Crippen LogP contribution is 2.36. The molecule has 0 aliphatic carbocycles. The van der Waals surface area contributed by atoms with Crippen molar-refractivity contribution in [1.82, 2.24) is 4.98 Å². The van der Waals surface area contributed by atoms with Crippen LogP contribution in [-0.2, 0) is 4.74 Å². The Hall–Kier alpha value is -2.89. The Kier molecular flexibility index (Phi) is 4.18. The van der Waals surface area contributed by atoms with Crippen LogP contribution in [0.15, 0.2) is 34.3 Å². The zero-order valence-electron chi connectivity index (χ0n) is 11.8. The molecule has 2 heterocycles. The molecule has 0 unspecified atom stereocenters. The SMILES string of the molecule is C=Cc1oc(-c2cnc(C(=O)OC)cc2OC)cc1N=C.